The number of nitrogens with zero attached hydrogens (tertiary/aromatic N) is 2. The van der Waals surface area contributed by atoms with Crippen molar-refractivity contribution in [1.82, 2.24) is 9.78 Å². The predicted molar refractivity (Wildman–Crippen MR) is 101 cm³/mol. The molecule has 0 bridgehead atoms. The number of benzene rings is 2. The van der Waals surface area contributed by atoms with E-state index in [1.807, 2.05) is 62.4 Å². The molecule has 1 aromatic heterocycles. The Morgan fingerprint density at radius 2 is 1.81 bits per heavy atom. The van der Waals surface area contributed by atoms with Crippen LogP contribution in [0.2, 0.25) is 0 Å². The van der Waals surface area contributed by atoms with Crippen molar-refractivity contribution in [3.8, 4) is 16.9 Å². The van der Waals surface area contributed by atoms with Gasteiger partial charge in [-0.3, -0.25) is 0 Å². The van der Waals surface area contributed by atoms with Gasteiger partial charge in [0.05, 0.1) is 18.0 Å². The zero-order valence-corrected chi connectivity index (χ0v) is 15.4. The fraction of sp³-hybridized carbons (Fsp3) is 0.190. The Balaban J connectivity index is 2.40. The molecule has 0 fully saturated rings. The van der Waals surface area contributed by atoms with Crippen molar-refractivity contribution < 1.29 is 19.4 Å². The normalized spacial score (nSPS) is 10.6. The number of carboxylic acid groups (broad SMARTS) is 1. The minimum absolute atomic E-state index is 0.0449. The fourth-order valence-corrected chi connectivity index (χ4v) is 2.95. The molecule has 0 atom stereocenters. The molecule has 0 aliphatic rings. The first-order valence-electron chi connectivity index (χ1n) is 8.60. The molecule has 27 heavy (non-hydrogen) atoms. The van der Waals surface area contributed by atoms with Crippen LogP contribution < -0.4 is 0 Å². The lowest BCUT2D eigenvalue weighted by Gasteiger charge is -2.12. The average Bonchev–Trinajstić information content (AvgIpc) is 3.05. The molecular formula is C21H20N2O4. The van der Waals surface area contributed by atoms with Crippen molar-refractivity contribution in [3.63, 3.8) is 0 Å². The van der Waals surface area contributed by atoms with Crippen LogP contribution in [0.15, 0.2) is 48.5 Å². The third-order valence-corrected chi connectivity index (χ3v) is 4.21. The van der Waals surface area contributed by atoms with Gasteiger partial charge in [-0.1, -0.05) is 42.5 Å². The van der Waals surface area contributed by atoms with E-state index in [4.69, 9.17) is 4.74 Å². The number of aryl methyl sites for hydroxylation is 2. The lowest BCUT2D eigenvalue weighted by atomic mass is 10.0. The van der Waals surface area contributed by atoms with Crippen molar-refractivity contribution in [3.05, 3.63) is 70.9 Å². The molecule has 0 unspecified atom stereocenters. The standard InChI is InChI=1S/C21H20N2O4/c1-4-27-21(26)17-18(20(24)25)22-23(16-12-13(2)10-11-14(16)3)19(17)15-8-6-5-7-9-15/h5-12H,4H2,1-3H3,(H,24,25). The molecule has 3 rings (SSSR count). The average molecular weight is 364 g/mol. The summed E-state index contributed by atoms with van der Waals surface area (Å²) >= 11 is 0. The summed E-state index contributed by atoms with van der Waals surface area (Å²) in [6, 6.07) is 14.9. The minimum atomic E-state index is -1.28. The molecule has 1 N–H and O–H groups in total. The summed E-state index contributed by atoms with van der Waals surface area (Å²) in [6.07, 6.45) is 0. The quantitative estimate of drug-likeness (QED) is 0.691. The number of hydrogen-bond acceptors (Lipinski definition) is 4. The Hall–Kier alpha value is -3.41. The van der Waals surface area contributed by atoms with Crippen molar-refractivity contribution in [2.24, 2.45) is 0 Å². The van der Waals surface area contributed by atoms with Gasteiger partial charge in [-0.2, -0.15) is 5.10 Å². The van der Waals surface area contributed by atoms with Gasteiger partial charge in [0.1, 0.15) is 5.56 Å². The summed E-state index contributed by atoms with van der Waals surface area (Å²) in [5.41, 5.74) is 3.34. The third-order valence-electron chi connectivity index (χ3n) is 4.21. The first kappa shape index (κ1) is 18.4. The van der Waals surface area contributed by atoms with E-state index in [-0.39, 0.29) is 17.9 Å². The van der Waals surface area contributed by atoms with Crippen LogP contribution in [-0.2, 0) is 4.74 Å². The van der Waals surface area contributed by atoms with E-state index in [0.29, 0.717) is 16.9 Å². The summed E-state index contributed by atoms with van der Waals surface area (Å²) in [4.78, 5) is 24.4. The van der Waals surface area contributed by atoms with Crippen LogP contribution in [0.5, 0.6) is 0 Å². The Morgan fingerprint density at radius 3 is 2.44 bits per heavy atom. The maximum absolute atomic E-state index is 12.6. The Morgan fingerprint density at radius 1 is 1.11 bits per heavy atom. The van der Waals surface area contributed by atoms with Gasteiger partial charge in [0.2, 0.25) is 0 Å². The highest BCUT2D eigenvalue weighted by Crippen LogP contribution is 2.31. The fourth-order valence-electron chi connectivity index (χ4n) is 2.95. The molecule has 2 aromatic carbocycles. The summed E-state index contributed by atoms with van der Waals surface area (Å²) in [5.74, 6) is -1.98. The van der Waals surface area contributed by atoms with Gasteiger partial charge < -0.3 is 9.84 Å². The van der Waals surface area contributed by atoms with Crippen molar-refractivity contribution in [2.75, 3.05) is 6.61 Å². The summed E-state index contributed by atoms with van der Waals surface area (Å²) in [6.45, 7) is 5.67. The van der Waals surface area contributed by atoms with Crippen LogP contribution in [0.1, 0.15) is 38.9 Å². The van der Waals surface area contributed by atoms with Crippen LogP contribution in [0, 0.1) is 13.8 Å². The van der Waals surface area contributed by atoms with Gasteiger partial charge in [-0.05, 0) is 38.0 Å². The topological polar surface area (TPSA) is 81.4 Å². The first-order chi connectivity index (χ1) is 12.9. The largest absolute Gasteiger partial charge is 0.476 e. The Labute approximate surface area is 157 Å². The van der Waals surface area contributed by atoms with Crippen molar-refractivity contribution in [2.45, 2.75) is 20.8 Å². The number of aromatic nitrogens is 2. The van der Waals surface area contributed by atoms with E-state index in [2.05, 4.69) is 5.10 Å². The van der Waals surface area contributed by atoms with Crippen LogP contribution in [-0.4, -0.2) is 33.4 Å². The maximum Gasteiger partial charge on any atom is 0.357 e. The van der Waals surface area contributed by atoms with Gasteiger partial charge in [-0.25, -0.2) is 14.3 Å². The smallest absolute Gasteiger partial charge is 0.357 e. The van der Waals surface area contributed by atoms with E-state index in [0.717, 1.165) is 11.1 Å². The molecule has 138 valence electrons. The van der Waals surface area contributed by atoms with Crippen molar-refractivity contribution in [1.29, 1.82) is 0 Å². The summed E-state index contributed by atoms with van der Waals surface area (Å²) < 4.78 is 6.65. The first-order valence-corrected chi connectivity index (χ1v) is 8.60. The molecule has 0 saturated heterocycles. The molecule has 0 radical (unpaired) electrons. The molecular weight excluding hydrogens is 344 g/mol. The highest BCUT2D eigenvalue weighted by Gasteiger charge is 2.30. The maximum atomic E-state index is 12.6. The zero-order valence-electron chi connectivity index (χ0n) is 15.4. The molecule has 6 nitrogen and oxygen atoms in total. The number of carbonyl (C=O) groups is 2. The van der Waals surface area contributed by atoms with E-state index in [9.17, 15) is 14.7 Å². The van der Waals surface area contributed by atoms with E-state index >= 15 is 0 Å². The molecule has 0 aliphatic carbocycles. The number of hydrogen-bond donors (Lipinski definition) is 1. The summed E-state index contributed by atoms with van der Waals surface area (Å²) in [7, 11) is 0. The van der Waals surface area contributed by atoms with Gasteiger partial charge in [-0.15, -0.1) is 0 Å². The monoisotopic (exact) mass is 364 g/mol. The molecule has 0 spiro atoms. The van der Waals surface area contributed by atoms with Crippen LogP contribution in [0.4, 0.5) is 0 Å². The second-order valence-corrected chi connectivity index (χ2v) is 6.17. The second kappa shape index (κ2) is 7.45. The van der Waals surface area contributed by atoms with Gasteiger partial charge >= 0.3 is 11.9 Å². The molecule has 3 aromatic rings. The zero-order chi connectivity index (χ0) is 19.6. The van der Waals surface area contributed by atoms with Gasteiger partial charge in [0.15, 0.2) is 5.69 Å². The van der Waals surface area contributed by atoms with E-state index < -0.39 is 11.9 Å². The van der Waals surface area contributed by atoms with Crippen LogP contribution in [0.25, 0.3) is 16.9 Å². The number of esters is 1. The second-order valence-electron chi connectivity index (χ2n) is 6.17. The Bertz CT molecular complexity index is 1010. The SMILES string of the molecule is CCOC(=O)c1c(C(=O)O)nn(-c2cc(C)ccc2C)c1-c1ccccc1. The number of aromatic carboxylic acids is 1. The Kier molecular flexibility index (Phi) is 5.07. The number of carboxylic acids is 1. The van der Waals surface area contributed by atoms with Crippen LogP contribution >= 0.6 is 0 Å². The van der Waals surface area contributed by atoms with Gasteiger partial charge in [0.25, 0.3) is 0 Å². The van der Waals surface area contributed by atoms with Crippen LogP contribution in [0.3, 0.4) is 0 Å². The number of carbonyl (C=O) groups excluding carboxylic acids is 1. The molecule has 6 heteroatoms. The van der Waals surface area contributed by atoms with Gasteiger partial charge in [0, 0.05) is 5.56 Å². The lowest BCUT2D eigenvalue weighted by molar-refractivity contribution is 0.0515. The molecule has 0 amide bonds. The number of rotatable bonds is 5. The third kappa shape index (κ3) is 3.46. The number of ether oxygens (including phenoxy) is 1. The molecule has 0 saturated carbocycles. The van der Waals surface area contributed by atoms with Crippen molar-refractivity contribution >= 4 is 11.9 Å². The predicted octanol–water partition coefficient (Wildman–Crippen LogP) is 4.03. The molecule has 1 heterocycles. The van der Waals surface area contributed by atoms with E-state index in [1.165, 1.54) is 4.68 Å². The van der Waals surface area contributed by atoms with E-state index in [1.54, 1.807) is 6.92 Å². The summed E-state index contributed by atoms with van der Waals surface area (Å²) in [5, 5.41) is 13.9. The molecule has 0 aliphatic heterocycles. The highest BCUT2D eigenvalue weighted by atomic mass is 16.5. The minimum Gasteiger partial charge on any atom is -0.476 e. The highest BCUT2D eigenvalue weighted by molar-refractivity contribution is 6.06. The lowest BCUT2D eigenvalue weighted by Crippen LogP contribution is -2.11.